The molecule has 0 aliphatic heterocycles. The highest BCUT2D eigenvalue weighted by Gasteiger charge is 2.17. The summed E-state index contributed by atoms with van der Waals surface area (Å²) < 4.78 is 5.29. The van der Waals surface area contributed by atoms with Crippen LogP contribution >= 0.6 is 0 Å². The van der Waals surface area contributed by atoms with E-state index in [0.29, 0.717) is 26.0 Å². The van der Waals surface area contributed by atoms with Crippen LogP contribution in [0.2, 0.25) is 25.7 Å². The molecule has 0 fully saturated rings. The Kier molecular flexibility index (Phi) is 22.1. The molecule has 1 atom stereocenters. The number of ether oxygens (including phenoxy) is 1. The van der Waals surface area contributed by atoms with Gasteiger partial charge in [-0.05, 0) is 63.8 Å². The molecule has 0 aliphatic carbocycles. The number of allylic oxidation sites excluding steroid dienone is 4. The minimum Gasteiger partial charge on any atom is -0.465 e. The third-order valence-electron chi connectivity index (χ3n) is 6.02. The Morgan fingerprint density at radius 1 is 0.857 bits per heavy atom. The Morgan fingerprint density at radius 3 is 2.14 bits per heavy atom. The molecule has 0 bridgehead atoms. The fraction of sp³-hybridized carbons (Fsp3) is 0.793. The summed E-state index contributed by atoms with van der Waals surface area (Å²) in [5.74, 6) is -0.167. The van der Waals surface area contributed by atoms with Gasteiger partial charge in [-0.3, -0.25) is 9.59 Å². The van der Waals surface area contributed by atoms with Gasteiger partial charge in [0.2, 0.25) is 5.91 Å². The molecule has 5 nitrogen and oxygen atoms in total. The van der Waals surface area contributed by atoms with Crippen LogP contribution in [-0.2, 0) is 14.3 Å². The van der Waals surface area contributed by atoms with Gasteiger partial charge in [-0.25, -0.2) is 0 Å². The van der Waals surface area contributed by atoms with Crippen molar-refractivity contribution in [3.05, 3.63) is 24.3 Å². The van der Waals surface area contributed by atoms with Crippen LogP contribution in [0.5, 0.6) is 0 Å². The van der Waals surface area contributed by atoms with Crippen LogP contribution in [0.15, 0.2) is 24.3 Å². The first-order chi connectivity index (χ1) is 16.8. The quantitative estimate of drug-likeness (QED) is 0.0657. The summed E-state index contributed by atoms with van der Waals surface area (Å²) in [6.07, 6.45) is 25.1. The Bertz CT molecular complexity index is 585. The van der Waals surface area contributed by atoms with Crippen molar-refractivity contribution in [1.29, 1.82) is 0 Å². The molecule has 0 saturated carbocycles. The smallest absolute Gasteiger partial charge is 0.322 e. The summed E-state index contributed by atoms with van der Waals surface area (Å²) >= 11 is 0. The number of amides is 1. The Morgan fingerprint density at radius 2 is 1.49 bits per heavy atom. The zero-order chi connectivity index (χ0) is 26.2. The van der Waals surface area contributed by atoms with E-state index in [1.165, 1.54) is 44.9 Å². The average Bonchev–Trinajstić information content (AvgIpc) is 2.80. The molecule has 0 rings (SSSR count). The van der Waals surface area contributed by atoms with E-state index in [2.05, 4.69) is 56.2 Å². The minimum atomic E-state index is -1.20. The first kappa shape index (κ1) is 33.6. The molecular weight excluding hydrogens is 452 g/mol. The Labute approximate surface area is 217 Å². The number of esters is 1. The van der Waals surface area contributed by atoms with Gasteiger partial charge in [0.1, 0.15) is 6.04 Å². The Balaban J connectivity index is 3.49. The summed E-state index contributed by atoms with van der Waals surface area (Å²) in [4.78, 5) is 23.9. The van der Waals surface area contributed by atoms with Crippen molar-refractivity contribution in [1.82, 2.24) is 5.32 Å². The summed E-state index contributed by atoms with van der Waals surface area (Å²) in [5.41, 5.74) is 5.92. The summed E-state index contributed by atoms with van der Waals surface area (Å²) in [5, 5.41) is 2.98. The van der Waals surface area contributed by atoms with Crippen molar-refractivity contribution in [3.63, 3.8) is 0 Å². The third kappa shape index (κ3) is 25.5. The highest BCUT2D eigenvalue weighted by atomic mass is 28.3. The predicted octanol–water partition coefficient (Wildman–Crippen LogP) is 7.30. The van der Waals surface area contributed by atoms with E-state index in [0.717, 1.165) is 44.6 Å². The largest absolute Gasteiger partial charge is 0.465 e. The Hall–Kier alpha value is -1.40. The standard InChI is InChI=1S/C29H56N2O3Si/c1-5-6-7-8-9-10-11-12-13-14-15-16-17-18-19-23-28(32)31-24-21-20-22-27(30)29(33)34-25-26-35(2,3)4/h9-10,12-13,27H,5-8,11,14-26,30H2,1-4H3,(H,31,32). The summed E-state index contributed by atoms with van der Waals surface area (Å²) in [7, 11) is -1.20. The van der Waals surface area contributed by atoms with Crippen molar-refractivity contribution < 1.29 is 14.3 Å². The van der Waals surface area contributed by atoms with Crippen molar-refractivity contribution >= 4 is 20.0 Å². The first-order valence-corrected chi connectivity index (χ1v) is 18.0. The van der Waals surface area contributed by atoms with E-state index in [1.54, 1.807) is 0 Å². The number of nitrogens with one attached hydrogen (secondary N) is 1. The molecule has 0 saturated heterocycles. The lowest BCUT2D eigenvalue weighted by atomic mass is 10.1. The molecule has 0 aromatic heterocycles. The topological polar surface area (TPSA) is 81.4 Å². The van der Waals surface area contributed by atoms with E-state index in [9.17, 15) is 9.59 Å². The molecular formula is C29H56N2O3Si. The maximum Gasteiger partial charge on any atom is 0.322 e. The van der Waals surface area contributed by atoms with Crippen molar-refractivity contribution in [2.45, 2.75) is 135 Å². The van der Waals surface area contributed by atoms with E-state index in [4.69, 9.17) is 10.5 Å². The number of rotatable bonds is 23. The van der Waals surface area contributed by atoms with Gasteiger partial charge in [-0.15, -0.1) is 0 Å². The fourth-order valence-electron chi connectivity index (χ4n) is 3.59. The molecule has 204 valence electrons. The van der Waals surface area contributed by atoms with Gasteiger partial charge < -0.3 is 15.8 Å². The highest BCUT2D eigenvalue weighted by Crippen LogP contribution is 2.10. The van der Waals surface area contributed by atoms with E-state index in [-0.39, 0.29) is 11.9 Å². The number of hydrogen-bond acceptors (Lipinski definition) is 4. The lowest BCUT2D eigenvalue weighted by Gasteiger charge is -2.17. The van der Waals surface area contributed by atoms with Crippen LogP contribution in [-0.4, -0.2) is 39.1 Å². The maximum absolute atomic E-state index is 12.0. The van der Waals surface area contributed by atoms with Crippen LogP contribution in [0.4, 0.5) is 0 Å². The van der Waals surface area contributed by atoms with E-state index >= 15 is 0 Å². The SMILES string of the molecule is CCCCCC=CCC=CCCCCCCCC(=O)NCCCCC(N)C(=O)OCC[Si](C)(C)C. The van der Waals surface area contributed by atoms with Gasteiger partial charge in [-0.1, -0.05) is 83.0 Å². The molecule has 0 radical (unpaired) electrons. The van der Waals surface area contributed by atoms with Crippen molar-refractivity contribution in [3.8, 4) is 0 Å². The molecule has 0 aromatic rings. The van der Waals surface area contributed by atoms with Crippen LogP contribution in [0, 0.1) is 0 Å². The number of hydrogen-bond donors (Lipinski definition) is 2. The molecule has 1 amide bonds. The molecule has 6 heteroatoms. The molecule has 0 aromatic carbocycles. The molecule has 35 heavy (non-hydrogen) atoms. The zero-order valence-corrected chi connectivity index (χ0v) is 24.4. The van der Waals surface area contributed by atoms with Gasteiger partial charge in [0.25, 0.3) is 0 Å². The van der Waals surface area contributed by atoms with Gasteiger partial charge in [0.05, 0.1) is 6.61 Å². The number of nitrogens with two attached hydrogens (primary N) is 1. The van der Waals surface area contributed by atoms with Crippen molar-refractivity contribution in [2.75, 3.05) is 13.2 Å². The lowest BCUT2D eigenvalue weighted by molar-refractivity contribution is -0.144. The lowest BCUT2D eigenvalue weighted by Crippen LogP contribution is -2.34. The first-order valence-electron chi connectivity index (χ1n) is 14.2. The zero-order valence-electron chi connectivity index (χ0n) is 23.4. The normalized spacial score (nSPS) is 12.9. The predicted molar refractivity (Wildman–Crippen MR) is 153 cm³/mol. The van der Waals surface area contributed by atoms with Crippen LogP contribution in [0.25, 0.3) is 0 Å². The minimum absolute atomic E-state index is 0.130. The molecule has 0 heterocycles. The van der Waals surface area contributed by atoms with Crippen molar-refractivity contribution in [2.24, 2.45) is 5.73 Å². The molecule has 3 N–H and O–H groups in total. The second kappa shape index (κ2) is 23.0. The van der Waals surface area contributed by atoms with Gasteiger partial charge >= 0.3 is 5.97 Å². The van der Waals surface area contributed by atoms with Gasteiger partial charge in [-0.2, -0.15) is 0 Å². The maximum atomic E-state index is 12.0. The van der Waals surface area contributed by atoms with E-state index < -0.39 is 14.1 Å². The monoisotopic (exact) mass is 508 g/mol. The number of carbonyl (C=O) groups excluding carboxylic acids is 2. The van der Waals surface area contributed by atoms with Gasteiger partial charge in [0, 0.05) is 21.0 Å². The fourth-order valence-corrected chi connectivity index (χ4v) is 4.30. The van der Waals surface area contributed by atoms with Crippen LogP contribution in [0.3, 0.4) is 0 Å². The number of carbonyl (C=O) groups is 2. The average molecular weight is 509 g/mol. The third-order valence-corrected chi connectivity index (χ3v) is 7.72. The second-order valence-corrected chi connectivity index (χ2v) is 16.5. The van der Waals surface area contributed by atoms with Crippen LogP contribution in [0.1, 0.15) is 103 Å². The van der Waals surface area contributed by atoms with Gasteiger partial charge in [0.15, 0.2) is 0 Å². The summed E-state index contributed by atoms with van der Waals surface area (Å²) in [6.45, 7) is 10.1. The highest BCUT2D eigenvalue weighted by molar-refractivity contribution is 6.76. The summed E-state index contributed by atoms with van der Waals surface area (Å²) in [6, 6.07) is 0.409. The molecule has 0 aliphatic rings. The molecule has 0 spiro atoms. The van der Waals surface area contributed by atoms with Crippen LogP contribution < -0.4 is 11.1 Å². The molecule has 1 unspecified atom stereocenters. The number of unbranched alkanes of at least 4 members (excludes halogenated alkanes) is 9. The second-order valence-electron chi connectivity index (χ2n) is 10.9. The van der Waals surface area contributed by atoms with E-state index in [1.807, 2.05) is 0 Å².